The van der Waals surface area contributed by atoms with Crippen LogP contribution < -0.4 is 16.0 Å². The predicted octanol–water partition coefficient (Wildman–Crippen LogP) is 7.68. The Morgan fingerprint density at radius 3 is 2.24 bits per heavy atom. The predicted molar refractivity (Wildman–Crippen MR) is 191 cm³/mol. The number of rotatable bonds is 12. The molecular formula is C41H39F3N4O3. The van der Waals surface area contributed by atoms with Gasteiger partial charge in [0.2, 0.25) is 18.0 Å². The molecule has 0 saturated heterocycles. The van der Waals surface area contributed by atoms with Crippen LogP contribution in [0.3, 0.4) is 0 Å². The van der Waals surface area contributed by atoms with Gasteiger partial charge >= 0.3 is 6.18 Å². The zero-order valence-corrected chi connectivity index (χ0v) is 28.0. The molecule has 0 bridgehead atoms. The fraction of sp³-hybridized carbons (Fsp3) is 0.268. The molecule has 0 aromatic heterocycles. The molecule has 1 saturated carbocycles. The number of anilines is 1. The number of carbonyl (C=O) groups is 3. The number of allylic oxidation sites excluding steroid dienone is 1. The molecule has 7 nitrogen and oxygen atoms in total. The fourth-order valence-corrected chi connectivity index (χ4v) is 6.84. The van der Waals surface area contributed by atoms with Gasteiger partial charge in [-0.05, 0) is 59.7 Å². The zero-order chi connectivity index (χ0) is 36.1. The van der Waals surface area contributed by atoms with Crippen LogP contribution in [0.5, 0.6) is 0 Å². The monoisotopic (exact) mass is 692 g/mol. The first-order valence-corrected chi connectivity index (χ1v) is 17.0. The van der Waals surface area contributed by atoms with Gasteiger partial charge in [-0.1, -0.05) is 104 Å². The molecule has 4 aromatic carbocycles. The molecule has 1 heterocycles. The first-order valence-electron chi connectivity index (χ1n) is 17.0. The smallest absolute Gasteiger partial charge is 0.369 e. The van der Waals surface area contributed by atoms with Crippen molar-refractivity contribution in [3.63, 3.8) is 0 Å². The standard InChI is InChI=1S/C41H39F3N4O3/c1-2-10-32(37(45)49)34(24-26-11-8-12-26)39(50)47-38-40(51)48(35-18-7-6-17-33(35)36(46-38)29-14-4-3-5-15-29)25-27-13-9-16-30(23-27)28-19-21-31(22-20-28)41(42,43)44/h2-7,9,13-23,26,32,34,38H,1,8,10-12,24-25H2,(H2,45,49)(H,47,50). The van der Waals surface area contributed by atoms with Crippen LogP contribution in [0.4, 0.5) is 18.9 Å². The summed E-state index contributed by atoms with van der Waals surface area (Å²) in [6.07, 6.45) is -0.547. The Morgan fingerprint density at radius 2 is 1.59 bits per heavy atom. The van der Waals surface area contributed by atoms with Crippen molar-refractivity contribution in [1.82, 2.24) is 5.32 Å². The highest BCUT2D eigenvalue weighted by molar-refractivity contribution is 6.20. The maximum Gasteiger partial charge on any atom is 0.416 e. The summed E-state index contributed by atoms with van der Waals surface area (Å²) in [6, 6.07) is 28.9. The SMILES string of the molecule is C=CCC(C(N)=O)C(CC1CCC1)C(=O)NC1N=C(c2ccccc2)c2ccccc2N(Cc2cccc(-c3ccc(C(F)(F)F)cc3)c2)C1=O. The van der Waals surface area contributed by atoms with Crippen molar-refractivity contribution in [3.05, 3.63) is 138 Å². The number of fused-ring (bicyclic) bond motifs is 1. The van der Waals surface area contributed by atoms with Gasteiger partial charge in [0, 0.05) is 11.1 Å². The van der Waals surface area contributed by atoms with Crippen LogP contribution in [-0.4, -0.2) is 29.6 Å². The number of aliphatic imine (C=N–C) groups is 1. The highest BCUT2D eigenvalue weighted by Gasteiger charge is 2.39. The molecule has 3 N–H and O–H groups in total. The number of para-hydroxylation sites is 1. The highest BCUT2D eigenvalue weighted by Crippen LogP contribution is 2.37. The van der Waals surface area contributed by atoms with Gasteiger partial charge in [-0.25, -0.2) is 4.99 Å². The Labute approximate surface area is 295 Å². The minimum atomic E-state index is -4.45. The third-order valence-corrected chi connectivity index (χ3v) is 9.77. The second-order valence-corrected chi connectivity index (χ2v) is 13.1. The van der Waals surface area contributed by atoms with Crippen LogP contribution in [0.25, 0.3) is 11.1 Å². The number of benzodiazepines with no additional fused rings is 1. The Bertz CT molecular complexity index is 1940. The van der Waals surface area contributed by atoms with Crippen molar-refractivity contribution in [2.45, 2.75) is 51.0 Å². The molecule has 4 aromatic rings. The zero-order valence-electron chi connectivity index (χ0n) is 28.0. The van der Waals surface area contributed by atoms with Crippen molar-refractivity contribution in [3.8, 4) is 11.1 Å². The molecule has 2 aliphatic rings. The number of carbonyl (C=O) groups excluding carboxylic acids is 3. The van der Waals surface area contributed by atoms with Crippen molar-refractivity contribution in [1.29, 1.82) is 0 Å². The quantitative estimate of drug-likeness (QED) is 0.149. The molecule has 0 spiro atoms. The van der Waals surface area contributed by atoms with Gasteiger partial charge < -0.3 is 16.0 Å². The Kier molecular flexibility index (Phi) is 10.5. The second-order valence-electron chi connectivity index (χ2n) is 13.1. The van der Waals surface area contributed by atoms with E-state index < -0.39 is 47.5 Å². The first kappa shape index (κ1) is 35.3. The largest absolute Gasteiger partial charge is 0.416 e. The van der Waals surface area contributed by atoms with Gasteiger partial charge in [-0.15, -0.1) is 6.58 Å². The lowest BCUT2D eigenvalue weighted by Gasteiger charge is -2.33. The number of nitrogens with two attached hydrogens (primary N) is 1. The summed E-state index contributed by atoms with van der Waals surface area (Å²) in [4.78, 5) is 47.9. The van der Waals surface area contributed by atoms with E-state index in [-0.39, 0.29) is 18.9 Å². The van der Waals surface area contributed by atoms with Crippen LogP contribution in [-0.2, 0) is 27.1 Å². The molecule has 1 fully saturated rings. The van der Waals surface area contributed by atoms with Gasteiger partial charge in [0.05, 0.1) is 35.3 Å². The van der Waals surface area contributed by atoms with E-state index in [0.29, 0.717) is 40.1 Å². The van der Waals surface area contributed by atoms with Gasteiger partial charge in [0.15, 0.2) is 0 Å². The summed E-state index contributed by atoms with van der Waals surface area (Å²) < 4.78 is 39.6. The maximum atomic E-state index is 14.6. The van der Waals surface area contributed by atoms with Crippen LogP contribution in [0.1, 0.15) is 54.4 Å². The number of halogens is 3. The van der Waals surface area contributed by atoms with Gasteiger partial charge in [0.1, 0.15) is 0 Å². The van der Waals surface area contributed by atoms with Crippen LogP contribution in [0, 0.1) is 17.8 Å². The lowest BCUT2D eigenvalue weighted by atomic mass is 9.74. The van der Waals surface area contributed by atoms with E-state index in [1.54, 1.807) is 23.1 Å². The van der Waals surface area contributed by atoms with E-state index in [1.165, 1.54) is 12.1 Å². The van der Waals surface area contributed by atoms with Crippen LogP contribution >= 0.6 is 0 Å². The molecule has 3 atom stereocenters. The molecule has 10 heteroatoms. The van der Waals surface area contributed by atoms with Crippen molar-refractivity contribution in [2.75, 3.05) is 4.90 Å². The minimum absolute atomic E-state index is 0.0835. The Balaban J connectivity index is 1.38. The molecule has 0 radical (unpaired) electrons. The average Bonchev–Trinajstić information content (AvgIpc) is 3.21. The normalized spacial score (nSPS) is 17.3. The minimum Gasteiger partial charge on any atom is -0.369 e. The lowest BCUT2D eigenvalue weighted by Crippen LogP contribution is -2.51. The van der Waals surface area contributed by atoms with Crippen molar-refractivity contribution < 1.29 is 27.6 Å². The summed E-state index contributed by atoms with van der Waals surface area (Å²) >= 11 is 0. The summed E-state index contributed by atoms with van der Waals surface area (Å²) in [6.45, 7) is 3.85. The van der Waals surface area contributed by atoms with E-state index >= 15 is 0 Å². The van der Waals surface area contributed by atoms with Gasteiger partial charge in [0.25, 0.3) is 5.91 Å². The van der Waals surface area contributed by atoms with E-state index in [1.807, 2.05) is 66.7 Å². The number of benzene rings is 4. The average molecular weight is 693 g/mol. The third-order valence-electron chi connectivity index (χ3n) is 9.77. The van der Waals surface area contributed by atoms with E-state index in [4.69, 9.17) is 10.7 Å². The Morgan fingerprint density at radius 1 is 0.902 bits per heavy atom. The van der Waals surface area contributed by atoms with Crippen LogP contribution in [0.2, 0.25) is 0 Å². The van der Waals surface area contributed by atoms with Crippen molar-refractivity contribution in [2.24, 2.45) is 28.5 Å². The molecule has 51 heavy (non-hydrogen) atoms. The molecular weight excluding hydrogens is 653 g/mol. The number of primary amides is 1. The summed E-state index contributed by atoms with van der Waals surface area (Å²) in [5, 5.41) is 2.91. The molecule has 3 amide bonds. The third kappa shape index (κ3) is 7.95. The van der Waals surface area contributed by atoms with E-state index in [2.05, 4.69) is 11.9 Å². The number of nitrogens with zero attached hydrogens (tertiary/aromatic N) is 2. The Hall–Kier alpha value is -5.51. The van der Waals surface area contributed by atoms with Gasteiger partial charge in [-0.2, -0.15) is 13.2 Å². The number of hydrogen-bond acceptors (Lipinski definition) is 4. The van der Waals surface area contributed by atoms with E-state index in [9.17, 15) is 27.6 Å². The van der Waals surface area contributed by atoms with Crippen molar-refractivity contribution >= 4 is 29.1 Å². The van der Waals surface area contributed by atoms with E-state index in [0.717, 1.165) is 37.0 Å². The number of alkyl halides is 3. The number of amides is 3. The molecule has 1 aliphatic carbocycles. The molecule has 1 aliphatic heterocycles. The first-order chi connectivity index (χ1) is 24.5. The molecule has 6 rings (SSSR count). The number of nitrogens with one attached hydrogen (secondary N) is 1. The summed E-state index contributed by atoms with van der Waals surface area (Å²) in [7, 11) is 0. The highest BCUT2D eigenvalue weighted by atomic mass is 19.4. The lowest BCUT2D eigenvalue weighted by molar-refractivity contribution is -0.137. The summed E-state index contributed by atoms with van der Waals surface area (Å²) in [5.74, 6) is -2.84. The topological polar surface area (TPSA) is 105 Å². The molecule has 3 unspecified atom stereocenters. The molecule has 262 valence electrons. The second kappa shape index (κ2) is 15.2. The summed E-state index contributed by atoms with van der Waals surface area (Å²) in [5.41, 5.74) is 9.57. The number of hydrogen-bond donors (Lipinski definition) is 2. The maximum absolute atomic E-state index is 14.6. The van der Waals surface area contributed by atoms with Crippen LogP contribution in [0.15, 0.2) is 121 Å². The fourth-order valence-electron chi connectivity index (χ4n) is 6.84. The van der Waals surface area contributed by atoms with Gasteiger partial charge in [-0.3, -0.25) is 14.4 Å².